The number of carbonyl (C=O) groups excluding carboxylic acids is 2. The Balaban J connectivity index is 1.20. The summed E-state index contributed by atoms with van der Waals surface area (Å²) < 4.78 is 6.44. The second kappa shape index (κ2) is 9.86. The maximum Gasteiger partial charge on any atom is 0.305 e. The zero-order valence-electron chi connectivity index (χ0n) is 22.7. The van der Waals surface area contributed by atoms with E-state index < -0.39 is 0 Å². The Bertz CT molecular complexity index is 1790. The molecule has 1 aromatic heterocycles. The van der Waals surface area contributed by atoms with E-state index in [1.165, 1.54) is 21.8 Å². The number of ether oxygens (including phenoxy) is 1. The Labute approximate surface area is 256 Å². The molecule has 2 aliphatic carbocycles. The first-order chi connectivity index (χ1) is 20.4. The lowest BCUT2D eigenvalue weighted by Gasteiger charge is -2.43. The van der Waals surface area contributed by atoms with Gasteiger partial charge in [-0.15, -0.1) is 11.8 Å². The minimum absolute atomic E-state index is 0.0157. The van der Waals surface area contributed by atoms with Crippen molar-refractivity contribution in [2.75, 3.05) is 4.90 Å². The van der Waals surface area contributed by atoms with Crippen LogP contribution in [0.2, 0.25) is 5.02 Å². The average Bonchev–Trinajstić information content (AvgIpc) is 3.72. The number of thioether (sulfide) groups is 1. The van der Waals surface area contributed by atoms with Gasteiger partial charge >= 0.3 is 4.87 Å². The lowest BCUT2D eigenvalue weighted by molar-refractivity contribution is -0.123. The van der Waals surface area contributed by atoms with Crippen molar-refractivity contribution in [1.29, 1.82) is 0 Å². The summed E-state index contributed by atoms with van der Waals surface area (Å²) in [5, 5.41) is 1.55. The molecule has 3 aromatic carbocycles. The van der Waals surface area contributed by atoms with Crippen LogP contribution in [0.25, 0.3) is 0 Å². The van der Waals surface area contributed by atoms with E-state index >= 15 is 0 Å². The molecule has 6 nitrogen and oxygen atoms in total. The van der Waals surface area contributed by atoms with Gasteiger partial charge < -0.3 is 9.72 Å². The number of hydrogen-bond donors (Lipinski definition) is 1. The molecule has 1 N–H and O–H groups in total. The number of fused-ring (bicyclic) bond motifs is 9. The van der Waals surface area contributed by atoms with Gasteiger partial charge in [-0.2, -0.15) is 0 Å². The van der Waals surface area contributed by atoms with Crippen molar-refractivity contribution >= 4 is 52.2 Å². The first-order valence-corrected chi connectivity index (χ1v) is 16.3. The summed E-state index contributed by atoms with van der Waals surface area (Å²) in [6, 6.07) is 23.2. The molecule has 0 radical (unpaired) electrons. The van der Waals surface area contributed by atoms with Crippen LogP contribution >= 0.6 is 34.7 Å². The third kappa shape index (κ3) is 3.95. The van der Waals surface area contributed by atoms with Gasteiger partial charge in [-0.05, 0) is 67.0 Å². The number of rotatable bonds is 5. The van der Waals surface area contributed by atoms with Crippen LogP contribution in [0.1, 0.15) is 33.9 Å². The number of thiazole rings is 1. The van der Waals surface area contributed by atoms with Crippen molar-refractivity contribution < 1.29 is 14.3 Å². The van der Waals surface area contributed by atoms with E-state index in [2.05, 4.69) is 36.2 Å². The van der Waals surface area contributed by atoms with Gasteiger partial charge in [-0.1, -0.05) is 71.0 Å². The number of carbonyl (C=O) groups is 2. The molecule has 1 saturated heterocycles. The van der Waals surface area contributed by atoms with Crippen molar-refractivity contribution in [3.8, 4) is 5.75 Å². The molecule has 4 aliphatic rings. The van der Waals surface area contributed by atoms with E-state index in [0.29, 0.717) is 17.3 Å². The number of nitrogens with one attached hydrogen (secondary N) is 1. The number of imide groups is 1. The number of amides is 2. The Morgan fingerprint density at radius 3 is 2.45 bits per heavy atom. The number of aromatic nitrogens is 1. The second-order valence-corrected chi connectivity index (χ2v) is 14.4. The molecule has 9 heteroatoms. The van der Waals surface area contributed by atoms with E-state index in [9.17, 15) is 14.4 Å². The zero-order valence-corrected chi connectivity index (χ0v) is 25.0. The summed E-state index contributed by atoms with van der Waals surface area (Å²) in [6.07, 6.45) is 0.827. The van der Waals surface area contributed by atoms with E-state index in [4.69, 9.17) is 16.3 Å². The number of para-hydroxylation sites is 1. The van der Waals surface area contributed by atoms with Gasteiger partial charge in [0.1, 0.15) is 12.4 Å². The molecule has 3 heterocycles. The SMILES string of the molecule is Cc1ccc(COc2ccc(Cl)cc2C2c3sc(=O)[nH]c3SC3C2[C@H]2C[C@@H]3C3C(=O)N(c4ccccc4)C(=O)C32)cc1. The van der Waals surface area contributed by atoms with Crippen molar-refractivity contribution in [2.45, 2.75) is 36.1 Å². The maximum atomic E-state index is 14.0. The molecule has 0 spiro atoms. The van der Waals surface area contributed by atoms with Crippen LogP contribution in [-0.4, -0.2) is 22.0 Å². The fourth-order valence-electron chi connectivity index (χ4n) is 7.94. The molecular weight excluding hydrogens is 588 g/mol. The normalized spacial score (nSPS) is 29.0. The van der Waals surface area contributed by atoms with Crippen molar-refractivity contribution in [3.63, 3.8) is 0 Å². The van der Waals surface area contributed by atoms with E-state index in [0.717, 1.165) is 33.2 Å². The average molecular weight is 615 g/mol. The van der Waals surface area contributed by atoms with E-state index in [1.54, 1.807) is 11.8 Å². The maximum absolute atomic E-state index is 14.0. The number of anilines is 1. The van der Waals surface area contributed by atoms with Crippen LogP contribution < -0.4 is 14.5 Å². The summed E-state index contributed by atoms with van der Waals surface area (Å²) in [4.78, 5) is 45.8. The first-order valence-electron chi connectivity index (χ1n) is 14.2. The molecular formula is C33H27ClN2O4S2. The van der Waals surface area contributed by atoms with Gasteiger partial charge in [0.2, 0.25) is 11.8 Å². The number of aromatic amines is 1. The van der Waals surface area contributed by atoms with Crippen molar-refractivity contribution in [1.82, 2.24) is 4.98 Å². The topological polar surface area (TPSA) is 79.5 Å². The molecule has 42 heavy (non-hydrogen) atoms. The van der Waals surface area contributed by atoms with Crippen molar-refractivity contribution in [3.05, 3.63) is 109 Å². The molecule has 7 atom stereocenters. The number of halogens is 1. The number of hydrogen-bond acceptors (Lipinski definition) is 6. The predicted molar refractivity (Wildman–Crippen MR) is 164 cm³/mol. The molecule has 2 saturated carbocycles. The van der Waals surface area contributed by atoms with E-state index in [-0.39, 0.29) is 57.4 Å². The summed E-state index contributed by atoms with van der Waals surface area (Å²) in [7, 11) is 0. The minimum Gasteiger partial charge on any atom is -0.489 e. The zero-order chi connectivity index (χ0) is 28.7. The summed E-state index contributed by atoms with van der Waals surface area (Å²) >= 11 is 9.52. The highest BCUT2D eigenvalue weighted by atomic mass is 35.5. The van der Waals surface area contributed by atoms with Crippen LogP contribution in [0.4, 0.5) is 5.69 Å². The van der Waals surface area contributed by atoms with Crippen LogP contribution in [0, 0.1) is 36.5 Å². The largest absolute Gasteiger partial charge is 0.489 e. The third-order valence-corrected chi connectivity index (χ3v) is 12.4. The highest BCUT2D eigenvalue weighted by Gasteiger charge is 2.69. The fourth-order valence-corrected chi connectivity index (χ4v) is 11.0. The minimum atomic E-state index is -0.361. The highest BCUT2D eigenvalue weighted by molar-refractivity contribution is 8.00. The number of nitrogens with zero attached hydrogens (tertiary/aromatic N) is 1. The molecule has 2 amide bonds. The van der Waals surface area contributed by atoms with Crippen LogP contribution in [0.15, 0.2) is 82.6 Å². The van der Waals surface area contributed by atoms with Crippen LogP contribution in [-0.2, 0) is 16.2 Å². The lowest BCUT2D eigenvalue weighted by Crippen LogP contribution is -2.42. The quantitative estimate of drug-likeness (QED) is 0.255. The Morgan fingerprint density at radius 2 is 1.69 bits per heavy atom. The number of aryl methyl sites for hydroxylation is 1. The molecule has 3 fully saturated rings. The lowest BCUT2D eigenvalue weighted by atomic mass is 9.68. The molecule has 4 aromatic rings. The summed E-state index contributed by atoms with van der Waals surface area (Å²) in [5.41, 5.74) is 3.82. The molecule has 5 unspecified atom stereocenters. The fraction of sp³-hybridized carbons (Fsp3) is 0.303. The molecule has 2 bridgehead atoms. The monoisotopic (exact) mass is 614 g/mol. The van der Waals surface area contributed by atoms with Gasteiger partial charge in [0.25, 0.3) is 0 Å². The van der Waals surface area contributed by atoms with Gasteiger partial charge in [0.05, 0.1) is 22.5 Å². The number of benzene rings is 3. The highest BCUT2D eigenvalue weighted by Crippen LogP contribution is 2.69. The van der Waals surface area contributed by atoms with Crippen molar-refractivity contribution in [2.24, 2.45) is 29.6 Å². The second-order valence-electron chi connectivity index (χ2n) is 11.8. The standard InChI is InChI=1S/C33H27ClN2O4S2/c1-16-7-9-17(10-8-16)15-40-23-12-11-18(34)13-20(23)24-25-21-14-22(28(25)41-30-29(24)42-33(39)35-30)27-26(21)31(37)36(32(27)38)19-5-3-2-4-6-19/h2-13,21-22,24-28H,14-15H2,1H3,(H,35,39)/t21-,22-,24?,25?,26?,27?,28?/m1/s1. The first kappa shape index (κ1) is 26.3. The Kier molecular flexibility index (Phi) is 6.18. The van der Waals surface area contributed by atoms with Crippen LogP contribution in [0.3, 0.4) is 0 Å². The predicted octanol–water partition coefficient (Wildman–Crippen LogP) is 6.66. The Morgan fingerprint density at radius 1 is 0.952 bits per heavy atom. The van der Waals surface area contributed by atoms with Gasteiger partial charge in [-0.25, -0.2) is 0 Å². The number of H-pyrrole nitrogens is 1. The summed E-state index contributed by atoms with van der Waals surface area (Å²) in [5.74, 6) is -0.200. The Hall–Kier alpha value is -3.33. The third-order valence-electron chi connectivity index (χ3n) is 9.56. The van der Waals surface area contributed by atoms with E-state index in [1.807, 2.05) is 48.5 Å². The van der Waals surface area contributed by atoms with Gasteiger partial charge in [0.15, 0.2) is 0 Å². The smallest absolute Gasteiger partial charge is 0.305 e. The molecule has 2 aliphatic heterocycles. The molecule has 212 valence electrons. The summed E-state index contributed by atoms with van der Waals surface area (Å²) in [6.45, 7) is 2.46. The van der Waals surface area contributed by atoms with Crippen LogP contribution in [0.5, 0.6) is 5.75 Å². The molecule has 8 rings (SSSR count). The van der Waals surface area contributed by atoms with Gasteiger partial charge in [0, 0.05) is 26.6 Å². The van der Waals surface area contributed by atoms with Gasteiger partial charge in [-0.3, -0.25) is 19.3 Å².